The van der Waals surface area contributed by atoms with E-state index in [0.717, 1.165) is 43.0 Å². The molecule has 1 aromatic carbocycles. The van der Waals surface area contributed by atoms with Gasteiger partial charge in [-0.1, -0.05) is 12.1 Å². The van der Waals surface area contributed by atoms with Gasteiger partial charge in [0, 0.05) is 36.0 Å². The molecule has 1 aromatic heterocycles. The lowest BCUT2D eigenvalue weighted by Crippen LogP contribution is -2.40. The van der Waals surface area contributed by atoms with Gasteiger partial charge in [0.05, 0.1) is 0 Å². The van der Waals surface area contributed by atoms with E-state index in [0.29, 0.717) is 11.4 Å². The molecule has 3 rings (SSSR count). The molecule has 5 heteroatoms. The predicted molar refractivity (Wildman–Crippen MR) is 86.3 cm³/mol. The molecule has 0 atom stereocenters. The topological polar surface area (TPSA) is 55.0 Å². The van der Waals surface area contributed by atoms with Gasteiger partial charge >= 0.3 is 0 Å². The number of aromatic nitrogens is 2. The summed E-state index contributed by atoms with van der Waals surface area (Å²) in [5.41, 5.74) is 8.70. The van der Waals surface area contributed by atoms with Crippen LogP contribution in [0.4, 0.5) is 10.2 Å². The zero-order valence-electron chi connectivity index (χ0n) is 13.0. The first-order valence-corrected chi connectivity index (χ1v) is 7.66. The second kappa shape index (κ2) is 6.01. The Balaban J connectivity index is 2.00. The van der Waals surface area contributed by atoms with Crippen LogP contribution in [0.1, 0.15) is 24.1 Å². The lowest BCUT2D eigenvalue weighted by Gasteiger charge is -2.32. The van der Waals surface area contributed by atoms with Crippen molar-refractivity contribution in [3.05, 3.63) is 41.3 Å². The van der Waals surface area contributed by atoms with Crippen LogP contribution in [0.15, 0.2) is 24.3 Å². The van der Waals surface area contributed by atoms with Crippen molar-refractivity contribution >= 4 is 5.82 Å². The molecule has 1 aliphatic rings. The summed E-state index contributed by atoms with van der Waals surface area (Å²) in [5.74, 6) is 1.25. The number of aryl methyl sites for hydroxylation is 1. The molecule has 0 aliphatic carbocycles. The maximum Gasteiger partial charge on any atom is 0.161 e. The van der Waals surface area contributed by atoms with E-state index in [2.05, 4.69) is 9.88 Å². The maximum atomic E-state index is 13.5. The smallest absolute Gasteiger partial charge is 0.161 e. The van der Waals surface area contributed by atoms with Crippen LogP contribution in [0.3, 0.4) is 0 Å². The van der Waals surface area contributed by atoms with Crippen LogP contribution in [-0.4, -0.2) is 29.1 Å². The minimum absolute atomic E-state index is 0.273. The molecule has 2 aromatic rings. The molecule has 22 heavy (non-hydrogen) atoms. The minimum Gasteiger partial charge on any atom is -0.356 e. The molecule has 0 unspecified atom stereocenters. The fourth-order valence-corrected chi connectivity index (χ4v) is 2.79. The van der Waals surface area contributed by atoms with Crippen LogP contribution in [0, 0.1) is 19.7 Å². The van der Waals surface area contributed by atoms with Gasteiger partial charge in [-0.15, -0.1) is 0 Å². The predicted octanol–water partition coefficient (Wildman–Crippen LogP) is 2.83. The molecule has 1 saturated heterocycles. The molecule has 0 amide bonds. The SMILES string of the molecule is Cc1nc(-c2cccc(F)c2)nc(N2CCC(N)CC2)c1C. The van der Waals surface area contributed by atoms with Crippen molar-refractivity contribution in [1.82, 2.24) is 9.97 Å². The summed E-state index contributed by atoms with van der Waals surface area (Å²) < 4.78 is 13.5. The molecule has 0 saturated carbocycles. The summed E-state index contributed by atoms with van der Waals surface area (Å²) in [4.78, 5) is 11.5. The Morgan fingerprint density at radius 1 is 1.18 bits per heavy atom. The van der Waals surface area contributed by atoms with E-state index in [1.807, 2.05) is 19.9 Å². The summed E-state index contributed by atoms with van der Waals surface area (Å²) in [5, 5.41) is 0. The van der Waals surface area contributed by atoms with Crippen LogP contribution >= 0.6 is 0 Å². The van der Waals surface area contributed by atoms with Crippen molar-refractivity contribution in [3.8, 4) is 11.4 Å². The quantitative estimate of drug-likeness (QED) is 0.926. The highest BCUT2D eigenvalue weighted by Gasteiger charge is 2.21. The average Bonchev–Trinajstić information content (AvgIpc) is 2.51. The number of hydrogen-bond acceptors (Lipinski definition) is 4. The summed E-state index contributed by atoms with van der Waals surface area (Å²) in [6.07, 6.45) is 1.94. The Bertz CT molecular complexity index is 678. The Morgan fingerprint density at radius 3 is 2.59 bits per heavy atom. The van der Waals surface area contributed by atoms with Gasteiger partial charge in [-0.05, 0) is 38.8 Å². The summed E-state index contributed by atoms with van der Waals surface area (Å²) in [6, 6.07) is 6.70. The van der Waals surface area contributed by atoms with Crippen molar-refractivity contribution in [2.24, 2.45) is 5.73 Å². The number of hydrogen-bond donors (Lipinski definition) is 1. The van der Waals surface area contributed by atoms with Gasteiger partial charge in [-0.2, -0.15) is 0 Å². The van der Waals surface area contributed by atoms with Crippen LogP contribution in [0.25, 0.3) is 11.4 Å². The third-order valence-corrected chi connectivity index (χ3v) is 4.29. The zero-order chi connectivity index (χ0) is 15.7. The van der Waals surface area contributed by atoms with Crippen LogP contribution in [0.5, 0.6) is 0 Å². The molecule has 2 heterocycles. The fraction of sp³-hybridized carbons (Fsp3) is 0.412. The number of rotatable bonds is 2. The van der Waals surface area contributed by atoms with Crippen molar-refractivity contribution in [2.75, 3.05) is 18.0 Å². The largest absolute Gasteiger partial charge is 0.356 e. The van der Waals surface area contributed by atoms with Crippen molar-refractivity contribution < 1.29 is 4.39 Å². The molecule has 1 aliphatic heterocycles. The van der Waals surface area contributed by atoms with Crippen LogP contribution in [-0.2, 0) is 0 Å². The second-order valence-electron chi connectivity index (χ2n) is 5.92. The Morgan fingerprint density at radius 2 is 1.91 bits per heavy atom. The first-order chi connectivity index (χ1) is 10.5. The molecular formula is C17H21FN4. The molecular weight excluding hydrogens is 279 g/mol. The number of anilines is 1. The maximum absolute atomic E-state index is 13.5. The van der Waals surface area contributed by atoms with E-state index < -0.39 is 0 Å². The first kappa shape index (κ1) is 14.9. The Kier molecular flexibility index (Phi) is 4.07. The van der Waals surface area contributed by atoms with Gasteiger partial charge in [0.15, 0.2) is 5.82 Å². The molecule has 116 valence electrons. The lowest BCUT2D eigenvalue weighted by atomic mass is 10.1. The van der Waals surface area contributed by atoms with E-state index in [1.165, 1.54) is 12.1 Å². The fourth-order valence-electron chi connectivity index (χ4n) is 2.79. The van der Waals surface area contributed by atoms with E-state index in [-0.39, 0.29) is 11.9 Å². The normalized spacial score (nSPS) is 16.1. The molecule has 0 spiro atoms. The molecule has 2 N–H and O–H groups in total. The van der Waals surface area contributed by atoms with E-state index in [1.54, 1.807) is 6.07 Å². The third kappa shape index (κ3) is 2.95. The summed E-state index contributed by atoms with van der Waals surface area (Å²) in [7, 11) is 0. The first-order valence-electron chi connectivity index (χ1n) is 7.66. The number of halogens is 1. The highest BCUT2D eigenvalue weighted by Crippen LogP contribution is 2.26. The molecule has 1 fully saturated rings. The molecule has 0 radical (unpaired) electrons. The molecule has 0 bridgehead atoms. The highest BCUT2D eigenvalue weighted by atomic mass is 19.1. The van der Waals surface area contributed by atoms with Gasteiger partial charge in [-0.3, -0.25) is 0 Å². The summed E-state index contributed by atoms with van der Waals surface area (Å²) >= 11 is 0. The van der Waals surface area contributed by atoms with Gasteiger partial charge in [-0.25, -0.2) is 14.4 Å². The van der Waals surface area contributed by atoms with E-state index in [4.69, 9.17) is 10.7 Å². The van der Waals surface area contributed by atoms with Gasteiger partial charge in [0.25, 0.3) is 0 Å². The van der Waals surface area contributed by atoms with Gasteiger partial charge in [0.1, 0.15) is 11.6 Å². The summed E-state index contributed by atoms with van der Waals surface area (Å²) in [6.45, 7) is 5.82. The zero-order valence-corrected chi connectivity index (χ0v) is 13.0. The standard InChI is InChI=1S/C17H21FN4/c1-11-12(2)20-16(13-4-3-5-14(18)10-13)21-17(11)22-8-6-15(19)7-9-22/h3-5,10,15H,6-9,19H2,1-2H3. The van der Waals surface area contributed by atoms with Crippen molar-refractivity contribution in [2.45, 2.75) is 32.7 Å². The van der Waals surface area contributed by atoms with Crippen LogP contribution < -0.4 is 10.6 Å². The molecule has 4 nitrogen and oxygen atoms in total. The van der Waals surface area contributed by atoms with Crippen molar-refractivity contribution in [3.63, 3.8) is 0 Å². The highest BCUT2D eigenvalue weighted by molar-refractivity contribution is 5.60. The second-order valence-corrected chi connectivity index (χ2v) is 5.92. The van der Waals surface area contributed by atoms with Gasteiger partial charge in [0.2, 0.25) is 0 Å². The number of piperidine rings is 1. The average molecular weight is 300 g/mol. The Hall–Kier alpha value is -2.01. The minimum atomic E-state index is -0.273. The lowest BCUT2D eigenvalue weighted by molar-refractivity contribution is 0.498. The van der Waals surface area contributed by atoms with Gasteiger partial charge < -0.3 is 10.6 Å². The van der Waals surface area contributed by atoms with E-state index in [9.17, 15) is 4.39 Å². The number of nitrogens with two attached hydrogens (primary N) is 1. The third-order valence-electron chi connectivity index (χ3n) is 4.29. The van der Waals surface area contributed by atoms with E-state index >= 15 is 0 Å². The van der Waals surface area contributed by atoms with Crippen LogP contribution in [0.2, 0.25) is 0 Å². The Labute approximate surface area is 130 Å². The number of nitrogens with zero attached hydrogens (tertiary/aromatic N) is 3. The van der Waals surface area contributed by atoms with Crippen molar-refractivity contribution in [1.29, 1.82) is 0 Å². The monoisotopic (exact) mass is 300 g/mol. The number of benzene rings is 1.